The summed E-state index contributed by atoms with van der Waals surface area (Å²) in [5.41, 5.74) is 2.07. The summed E-state index contributed by atoms with van der Waals surface area (Å²) in [6.07, 6.45) is 0.962. The lowest BCUT2D eigenvalue weighted by Crippen LogP contribution is -2.12. The van der Waals surface area contributed by atoms with Crippen molar-refractivity contribution in [2.75, 3.05) is 12.4 Å². The Balaban J connectivity index is 1.56. The second-order valence-corrected chi connectivity index (χ2v) is 6.31. The van der Waals surface area contributed by atoms with Crippen LogP contribution in [0.4, 0.5) is 5.69 Å². The van der Waals surface area contributed by atoms with Gasteiger partial charge in [-0.25, -0.2) is 9.78 Å². The molecule has 1 heterocycles. The molecule has 0 aliphatic heterocycles. The van der Waals surface area contributed by atoms with Gasteiger partial charge in [-0.05, 0) is 36.4 Å². The van der Waals surface area contributed by atoms with E-state index in [0.29, 0.717) is 24.1 Å². The van der Waals surface area contributed by atoms with E-state index >= 15 is 0 Å². The zero-order chi connectivity index (χ0) is 16.9. The third-order valence-electron chi connectivity index (χ3n) is 3.49. The molecule has 2 aromatic carbocycles. The van der Waals surface area contributed by atoms with Crippen LogP contribution in [0.25, 0.3) is 10.2 Å². The predicted molar refractivity (Wildman–Crippen MR) is 94.4 cm³/mol. The highest BCUT2D eigenvalue weighted by atomic mass is 32.1. The number of nitrogens with one attached hydrogen (secondary N) is 1. The first-order chi connectivity index (χ1) is 11.7. The molecule has 0 saturated heterocycles. The summed E-state index contributed by atoms with van der Waals surface area (Å²) in [6, 6.07) is 14.5. The van der Waals surface area contributed by atoms with Crippen molar-refractivity contribution in [1.82, 2.24) is 4.98 Å². The number of nitrogens with zero attached hydrogens (tertiary/aromatic N) is 1. The number of anilines is 1. The number of hydrogen-bond donors (Lipinski definition) is 1. The molecule has 3 aromatic rings. The minimum Gasteiger partial charge on any atom is -0.465 e. The topological polar surface area (TPSA) is 68.3 Å². The summed E-state index contributed by atoms with van der Waals surface area (Å²) >= 11 is 1.61. The number of aryl methyl sites for hydroxylation is 1. The van der Waals surface area contributed by atoms with Crippen molar-refractivity contribution in [1.29, 1.82) is 0 Å². The first kappa shape index (κ1) is 16.1. The Morgan fingerprint density at radius 1 is 1.12 bits per heavy atom. The number of benzene rings is 2. The number of amides is 1. The number of aromatic nitrogens is 1. The van der Waals surface area contributed by atoms with Crippen LogP contribution in [0.15, 0.2) is 48.5 Å². The van der Waals surface area contributed by atoms with E-state index in [1.165, 1.54) is 7.11 Å². The van der Waals surface area contributed by atoms with Gasteiger partial charge in [0.25, 0.3) is 0 Å². The van der Waals surface area contributed by atoms with Crippen molar-refractivity contribution < 1.29 is 14.3 Å². The van der Waals surface area contributed by atoms with E-state index in [1.54, 1.807) is 35.6 Å². The molecule has 5 nitrogen and oxygen atoms in total. The number of esters is 1. The first-order valence-corrected chi connectivity index (χ1v) is 8.30. The van der Waals surface area contributed by atoms with E-state index in [4.69, 9.17) is 0 Å². The molecule has 0 atom stereocenters. The Hall–Kier alpha value is -2.73. The Morgan fingerprint density at radius 2 is 1.88 bits per heavy atom. The van der Waals surface area contributed by atoms with Gasteiger partial charge in [-0.3, -0.25) is 4.79 Å². The second-order valence-electron chi connectivity index (χ2n) is 5.19. The highest BCUT2D eigenvalue weighted by molar-refractivity contribution is 7.18. The van der Waals surface area contributed by atoms with Crippen molar-refractivity contribution in [3.63, 3.8) is 0 Å². The summed E-state index contributed by atoms with van der Waals surface area (Å²) in [6.45, 7) is 0. The zero-order valence-electron chi connectivity index (χ0n) is 13.1. The first-order valence-electron chi connectivity index (χ1n) is 7.48. The van der Waals surface area contributed by atoms with Crippen LogP contribution in [0.3, 0.4) is 0 Å². The standard InChI is InChI=1S/C18H16N2O3S/c1-23-18(22)12-6-8-13(9-7-12)19-16(21)10-11-17-20-14-4-2-3-5-15(14)24-17/h2-9H,10-11H2,1H3,(H,19,21). The van der Waals surface area contributed by atoms with Crippen LogP contribution >= 0.6 is 11.3 Å². The quantitative estimate of drug-likeness (QED) is 0.720. The molecule has 1 N–H and O–H groups in total. The van der Waals surface area contributed by atoms with Crippen LogP contribution in [-0.2, 0) is 16.0 Å². The van der Waals surface area contributed by atoms with Crippen LogP contribution < -0.4 is 5.32 Å². The Kier molecular flexibility index (Phi) is 4.86. The molecule has 1 amide bonds. The molecule has 0 spiro atoms. The van der Waals surface area contributed by atoms with E-state index in [2.05, 4.69) is 15.0 Å². The number of rotatable bonds is 5. The molecule has 0 aliphatic rings. The fourth-order valence-electron chi connectivity index (χ4n) is 2.28. The molecule has 24 heavy (non-hydrogen) atoms. The summed E-state index contributed by atoms with van der Waals surface area (Å²) < 4.78 is 5.77. The number of hydrogen-bond acceptors (Lipinski definition) is 5. The maximum Gasteiger partial charge on any atom is 0.337 e. The van der Waals surface area contributed by atoms with Crippen molar-refractivity contribution in [3.8, 4) is 0 Å². The molecule has 0 radical (unpaired) electrons. The van der Waals surface area contributed by atoms with Gasteiger partial charge in [0, 0.05) is 18.5 Å². The van der Waals surface area contributed by atoms with Gasteiger partial charge in [0.1, 0.15) is 0 Å². The highest BCUT2D eigenvalue weighted by Gasteiger charge is 2.08. The molecule has 122 valence electrons. The molecule has 0 fully saturated rings. The van der Waals surface area contributed by atoms with E-state index < -0.39 is 5.97 Å². The summed E-state index contributed by atoms with van der Waals surface area (Å²) in [5, 5.41) is 3.77. The van der Waals surface area contributed by atoms with E-state index in [-0.39, 0.29) is 5.91 Å². The molecule has 1 aromatic heterocycles. The molecular weight excluding hydrogens is 324 g/mol. The maximum absolute atomic E-state index is 12.1. The van der Waals surface area contributed by atoms with Gasteiger partial charge in [0.05, 0.1) is 27.9 Å². The number of carbonyl (C=O) groups is 2. The second kappa shape index (κ2) is 7.23. The molecule has 3 rings (SSSR count). The van der Waals surface area contributed by atoms with Crippen LogP contribution in [-0.4, -0.2) is 24.0 Å². The Morgan fingerprint density at radius 3 is 2.58 bits per heavy atom. The molecule has 0 bridgehead atoms. The SMILES string of the molecule is COC(=O)c1ccc(NC(=O)CCc2nc3ccccc3s2)cc1. The van der Waals surface area contributed by atoms with Gasteiger partial charge < -0.3 is 10.1 Å². The van der Waals surface area contributed by atoms with Crippen molar-refractivity contribution in [2.24, 2.45) is 0 Å². The van der Waals surface area contributed by atoms with Crippen molar-refractivity contribution in [3.05, 3.63) is 59.1 Å². The summed E-state index contributed by atoms with van der Waals surface area (Å²) in [7, 11) is 1.33. The van der Waals surface area contributed by atoms with Crippen molar-refractivity contribution >= 4 is 39.1 Å². The van der Waals surface area contributed by atoms with Crippen LogP contribution in [0.2, 0.25) is 0 Å². The van der Waals surface area contributed by atoms with Crippen LogP contribution in [0.1, 0.15) is 21.8 Å². The fourth-order valence-corrected chi connectivity index (χ4v) is 3.25. The van der Waals surface area contributed by atoms with Gasteiger partial charge in [0.2, 0.25) is 5.91 Å². The lowest BCUT2D eigenvalue weighted by molar-refractivity contribution is -0.116. The van der Waals surface area contributed by atoms with Gasteiger partial charge in [-0.2, -0.15) is 0 Å². The maximum atomic E-state index is 12.1. The average Bonchev–Trinajstić information content (AvgIpc) is 3.03. The third-order valence-corrected chi connectivity index (χ3v) is 4.59. The van der Waals surface area contributed by atoms with Crippen LogP contribution in [0, 0.1) is 0 Å². The number of fused-ring (bicyclic) bond motifs is 1. The molecule has 0 saturated carbocycles. The molecular formula is C18H16N2O3S. The number of para-hydroxylation sites is 1. The summed E-state index contributed by atoms with van der Waals surface area (Å²) in [4.78, 5) is 27.9. The molecule has 6 heteroatoms. The van der Waals surface area contributed by atoms with E-state index in [9.17, 15) is 9.59 Å². The average molecular weight is 340 g/mol. The monoisotopic (exact) mass is 340 g/mol. The van der Waals surface area contributed by atoms with Gasteiger partial charge in [0.15, 0.2) is 0 Å². The fraction of sp³-hybridized carbons (Fsp3) is 0.167. The van der Waals surface area contributed by atoms with Crippen molar-refractivity contribution in [2.45, 2.75) is 12.8 Å². The number of methoxy groups -OCH3 is 1. The number of carbonyl (C=O) groups excluding carboxylic acids is 2. The number of ether oxygens (including phenoxy) is 1. The normalized spacial score (nSPS) is 10.5. The minimum absolute atomic E-state index is 0.0833. The predicted octanol–water partition coefficient (Wildman–Crippen LogP) is 3.65. The van der Waals surface area contributed by atoms with E-state index in [0.717, 1.165) is 15.2 Å². The number of thiazole rings is 1. The smallest absolute Gasteiger partial charge is 0.337 e. The van der Waals surface area contributed by atoms with Gasteiger partial charge >= 0.3 is 5.97 Å². The summed E-state index contributed by atoms with van der Waals surface area (Å²) in [5.74, 6) is -0.483. The van der Waals surface area contributed by atoms with Gasteiger partial charge in [-0.15, -0.1) is 11.3 Å². The third kappa shape index (κ3) is 3.78. The lowest BCUT2D eigenvalue weighted by atomic mass is 10.2. The minimum atomic E-state index is -0.399. The highest BCUT2D eigenvalue weighted by Crippen LogP contribution is 2.22. The van der Waals surface area contributed by atoms with Gasteiger partial charge in [-0.1, -0.05) is 12.1 Å². The zero-order valence-corrected chi connectivity index (χ0v) is 13.9. The van der Waals surface area contributed by atoms with Crippen LogP contribution in [0.5, 0.6) is 0 Å². The largest absolute Gasteiger partial charge is 0.465 e. The Bertz CT molecular complexity index is 838. The van der Waals surface area contributed by atoms with E-state index in [1.807, 2.05) is 24.3 Å². The molecule has 0 aliphatic carbocycles. The lowest BCUT2D eigenvalue weighted by Gasteiger charge is -2.05. The molecule has 0 unspecified atom stereocenters. The Labute approximate surface area is 143 Å².